The summed E-state index contributed by atoms with van der Waals surface area (Å²) in [6, 6.07) is 16.2. The van der Waals surface area contributed by atoms with Crippen molar-refractivity contribution < 1.29 is 4.79 Å². The quantitative estimate of drug-likeness (QED) is 0.620. The second kappa shape index (κ2) is 5.26. The van der Waals surface area contributed by atoms with Crippen LogP contribution in [0, 0.1) is 11.5 Å². The molecule has 0 saturated carbocycles. The number of Topliss-reactive ketones (excluding diaryl/α,β-unsaturated/α-hetero) is 1. The normalized spacial score (nSPS) is 16.7. The zero-order valence-corrected chi connectivity index (χ0v) is 11.7. The van der Waals surface area contributed by atoms with Crippen molar-refractivity contribution in [1.82, 2.24) is 0 Å². The van der Waals surface area contributed by atoms with E-state index in [4.69, 9.17) is 0 Å². The van der Waals surface area contributed by atoms with Gasteiger partial charge < -0.3 is 0 Å². The van der Waals surface area contributed by atoms with Crippen LogP contribution in [0.2, 0.25) is 0 Å². The first-order valence-electron chi connectivity index (χ1n) is 6.78. The lowest BCUT2D eigenvalue weighted by Gasteiger charge is -2.30. The van der Waals surface area contributed by atoms with Crippen LogP contribution in [0.15, 0.2) is 60.7 Å². The Kier molecular flexibility index (Phi) is 3.29. The molecule has 0 spiro atoms. The molecule has 0 saturated heterocycles. The number of nitrogens with zero attached hydrogens (tertiary/aromatic N) is 2. The molecule has 3 rings (SSSR count). The molecule has 0 N–H and O–H groups in total. The van der Waals surface area contributed by atoms with Crippen LogP contribution in [-0.4, -0.2) is 11.8 Å². The molecule has 1 atom stereocenters. The highest BCUT2D eigenvalue weighted by molar-refractivity contribution is 6.06. The molecule has 0 amide bonds. The van der Waals surface area contributed by atoms with Crippen molar-refractivity contribution >= 4 is 17.0 Å². The number of hydrogen-bond acceptors (Lipinski definition) is 3. The van der Waals surface area contributed by atoms with Gasteiger partial charge in [-0.15, -0.1) is 0 Å². The highest BCUT2D eigenvalue weighted by Crippen LogP contribution is 2.34. The maximum Gasteiger partial charge on any atom is 0.190 e. The smallest absolute Gasteiger partial charge is 0.190 e. The van der Waals surface area contributed by atoms with Crippen LogP contribution in [0.25, 0.3) is 5.57 Å². The molecule has 1 aliphatic rings. The number of rotatable bonds is 2. The number of benzene rings is 2. The van der Waals surface area contributed by atoms with E-state index in [-0.39, 0.29) is 5.78 Å². The number of anilines is 1. The van der Waals surface area contributed by atoms with E-state index in [1.54, 1.807) is 12.1 Å². The predicted octanol–water partition coefficient (Wildman–Crippen LogP) is 3.64. The first kappa shape index (κ1) is 13.1. The predicted molar refractivity (Wildman–Crippen MR) is 82.7 cm³/mol. The van der Waals surface area contributed by atoms with Gasteiger partial charge in [-0.2, -0.15) is 5.26 Å². The third-order valence-electron chi connectivity index (χ3n) is 3.71. The van der Waals surface area contributed by atoms with Crippen molar-refractivity contribution in [3.05, 3.63) is 71.8 Å². The number of hydrogen-bond donors (Lipinski definition) is 0. The van der Waals surface area contributed by atoms with Crippen LogP contribution in [0.3, 0.4) is 0 Å². The van der Waals surface area contributed by atoms with Gasteiger partial charge in [-0.25, -0.2) is 0 Å². The number of fused-ring (bicyclic) bond motifs is 1. The minimum atomic E-state index is -0.577. The molecular formula is C18H14N2O. The van der Waals surface area contributed by atoms with Gasteiger partial charge in [0, 0.05) is 11.1 Å². The van der Waals surface area contributed by atoms with Crippen LogP contribution < -0.4 is 4.90 Å². The average Bonchev–Trinajstić information content (AvgIpc) is 2.55. The molecule has 3 nitrogen and oxygen atoms in total. The molecule has 0 radical (unpaired) electrons. The molecular weight excluding hydrogens is 260 g/mol. The molecule has 0 fully saturated rings. The zero-order chi connectivity index (χ0) is 14.8. The van der Waals surface area contributed by atoms with Gasteiger partial charge in [-0.1, -0.05) is 48.5 Å². The summed E-state index contributed by atoms with van der Waals surface area (Å²) in [5.74, 6) is -0.0639. The molecule has 2 aromatic carbocycles. The van der Waals surface area contributed by atoms with Crippen molar-refractivity contribution in [2.24, 2.45) is 0 Å². The Balaban J connectivity index is 2.07. The largest absolute Gasteiger partial charge is 0.291 e. The van der Waals surface area contributed by atoms with Gasteiger partial charge in [0.1, 0.15) is 6.04 Å². The summed E-state index contributed by atoms with van der Waals surface area (Å²) in [4.78, 5) is 14.2. The highest BCUT2D eigenvalue weighted by Gasteiger charge is 2.30. The molecule has 3 heteroatoms. The summed E-state index contributed by atoms with van der Waals surface area (Å²) in [5.41, 5.74) is 3.42. The van der Waals surface area contributed by atoms with Crippen molar-refractivity contribution in [1.29, 1.82) is 5.26 Å². The zero-order valence-electron chi connectivity index (χ0n) is 11.7. The Morgan fingerprint density at radius 1 is 1.10 bits per heavy atom. The average molecular weight is 274 g/mol. The number of nitriles is 1. The van der Waals surface area contributed by atoms with E-state index in [9.17, 15) is 10.1 Å². The molecule has 2 aromatic rings. The van der Waals surface area contributed by atoms with E-state index in [2.05, 4.69) is 6.19 Å². The van der Waals surface area contributed by atoms with Crippen LogP contribution in [0.4, 0.5) is 5.69 Å². The summed E-state index contributed by atoms with van der Waals surface area (Å²) in [6.45, 7) is 1.97. The standard InChI is InChI=1S/C18H14N2O/c1-13-11-17(18(21)14-7-3-2-4-8-14)20(12-19)16-10-6-5-9-15(13)16/h2-11,17H,1H3. The van der Waals surface area contributed by atoms with Crippen molar-refractivity contribution in [3.8, 4) is 6.19 Å². The van der Waals surface area contributed by atoms with Gasteiger partial charge in [-0.3, -0.25) is 9.69 Å². The summed E-state index contributed by atoms with van der Waals surface area (Å²) in [5, 5.41) is 9.48. The molecule has 1 unspecified atom stereocenters. The Labute approximate surface area is 123 Å². The topological polar surface area (TPSA) is 44.1 Å². The lowest BCUT2D eigenvalue weighted by molar-refractivity contribution is 0.0978. The summed E-state index contributed by atoms with van der Waals surface area (Å²) in [6.07, 6.45) is 4.01. The second-order valence-electron chi connectivity index (χ2n) is 5.01. The highest BCUT2D eigenvalue weighted by atomic mass is 16.1. The second-order valence-corrected chi connectivity index (χ2v) is 5.01. The van der Waals surface area contributed by atoms with E-state index >= 15 is 0 Å². The fraction of sp³-hybridized carbons (Fsp3) is 0.111. The van der Waals surface area contributed by atoms with Gasteiger partial charge in [0.25, 0.3) is 0 Å². The van der Waals surface area contributed by atoms with E-state index in [1.807, 2.05) is 55.5 Å². The molecule has 0 aliphatic carbocycles. The maximum atomic E-state index is 12.7. The summed E-state index contributed by atoms with van der Waals surface area (Å²) in [7, 11) is 0. The molecule has 1 heterocycles. The lowest BCUT2D eigenvalue weighted by Crippen LogP contribution is -2.39. The minimum Gasteiger partial charge on any atom is -0.291 e. The molecule has 0 bridgehead atoms. The van der Waals surface area contributed by atoms with E-state index in [0.717, 1.165) is 16.8 Å². The van der Waals surface area contributed by atoms with Gasteiger partial charge in [0.2, 0.25) is 0 Å². The summed E-state index contributed by atoms with van der Waals surface area (Å²) >= 11 is 0. The van der Waals surface area contributed by atoms with Gasteiger partial charge in [0.05, 0.1) is 5.69 Å². The fourth-order valence-electron chi connectivity index (χ4n) is 2.65. The van der Waals surface area contributed by atoms with E-state index < -0.39 is 6.04 Å². The molecule has 1 aliphatic heterocycles. The van der Waals surface area contributed by atoms with Gasteiger partial charge >= 0.3 is 0 Å². The lowest BCUT2D eigenvalue weighted by atomic mass is 9.92. The molecule has 0 aromatic heterocycles. The third kappa shape index (κ3) is 2.21. The van der Waals surface area contributed by atoms with Crippen LogP contribution in [0.5, 0.6) is 0 Å². The molecule has 21 heavy (non-hydrogen) atoms. The van der Waals surface area contributed by atoms with Crippen LogP contribution in [0.1, 0.15) is 22.8 Å². The monoisotopic (exact) mass is 274 g/mol. The van der Waals surface area contributed by atoms with Crippen molar-refractivity contribution in [2.45, 2.75) is 13.0 Å². The van der Waals surface area contributed by atoms with Gasteiger partial charge in [-0.05, 0) is 24.6 Å². The number of ketones is 1. The van der Waals surface area contributed by atoms with Crippen molar-refractivity contribution in [2.75, 3.05) is 4.90 Å². The molecule has 102 valence electrons. The Morgan fingerprint density at radius 2 is 1.76 bits per heavy atom. The first-order valence-corrected chi connectivity index (χ1v) is 6.78. The van der Waals surface area contributed by atoms with Gasteiger partial charge in [0.15, 0.2) is 12.0 Å². The third-order valence-corrected chi connectivity index (χ3v) is 3.71. The van der Waals surface area contributed by atoms with Crippen LogP contribution in [-0.2, 0) is 0 Å². The first-order chi connectivity index (χ1) is 10.2. The van der Waals surface area contributed by atoms with E-state index in [1.165, 1.54) is 4.90 Å². The van der Waals surface area contributed by atoms with Crippen LogP contribution >= 0.6 is 0 Å². The fourth-order valence-corrected chi connectivity index (χ4v) is 2.65. The Morgan fingerprint density at radius 3 is 2.48 bits per heavy atom. The van der Waals surface area contributed by atoms with E-state index in [0.29, 0.717) is 5.56 Å². The Hall–Kier alpha value is -2.86. The SMILES string of the molecule is CC1=CC(C(=O)c2ccccc2)N(C#N)c2ccccc21. The Bertz CT molecular complexity index is 756. The maximum absolute atomic E-state index is 12.7. The van der Waals surface area contributed by atoms with Crippen molar-refractivity contribution in [3.63, 3.8) is 0 Å². The summed E-state index contributed by atoms with van der Waals surface area (Å²) < 4.78 is 0. The number of allylic oxidation sites excluding steroid dienone is 1. The minimum absolute atomic E-state index is 0.0639. The number of carbonyl (C=O) groups is 1. The number of carbonyl (C=O) groups excluding carboxylic acids is 1. The number of para-hydroxylation sites is 1.